The van der Waals surface area contributed by atoms with E-state index in [1.807, 2.05) is 13.0 Å². The van der Waals surface area contributed by atoms with Crippen LogP contribution in [0, 0.1) is 32.1 Å². The first-order chi connectivity index (χ1) is 10.0. The van der Waals surface area contributed by atoms with Crippen LogP contribution < -0.4 is 5.73 Å². The zero-order valence-corrected chi connectivity index (χ0v) is 12.2. The van der Waals surface area contributed by atoms with Gasteiger partial charge in [0.15, 0.2) is 5.65 Å². The van der Waals surface area contributed by atoms with Crippen molar-refractivity contribution < 1.29 is 0 Å². The van der Waals surface area contributed by atoms with Crippen LogP contribution in [-0.2, 0) is 0 Å². The van der Waals surface area contributed by atoms with Gasteiger partial charge in [-0.2, -0.15) is 10.4 Å². The van der Waals surface area contributed by atoms with Crippen LogP contribution in [0.5, 0.6) is 0 Å². The number of anilines is 1. The number of nitriles is 1. The van der Waals surface area contributed by atoms with Gasteiger partial charge in [0, 0.05) is 5.39 Å². The number of nitrogens with zero attached hydrogens (tertiary/aromatic N) is 4. The number of nitrogens with two attached hydrogens (primary N) is 1. The highest BCUT2D eigenvalue weighted by Gasteiger charge is 2.14. The molecule has 0 amide bonds. The Kier molecular flexibility index (Phi) is 2.88. The third-order valence-corrected chi connectivity index (χ3v) is 3.73. The lowest BCUT2D eigenvalue weighted by molar-refractivity contribution is 0.876. The third-order valence-electron chi connectivity index (χ3n) is 3.73. The molecule has 104 valence electrons. The molecule has 0 fully saturated rings. The summed E-state index contributed by atoms with van der Waals surface area (Å²) < 4.78 is 1.77. The predicted octanol–water partition coefficient (Wildman–Crippen LogP) is 2.80. The minimum Gasteiger partial charge on any atom is -0.383 e. The molecule has 21 heavy (non-hydrogen) atoms. The number of benzene rings is 1. The first-order valence-electron chi connectivity index (χ1n) is 6.65. The molecule has 0 saturated heterocycles. The van der Waals surface area contributed by atoms with Crippen LogP contribution in [0.15, 0.2) is 24.3 Å². The Hall–Kier alpha value is -2.87. The van der Waals surface area contributed by atoms with Crippen molar-refractivity contribution in [3.8, 4) is 11.8 Å². The zero-order valence-electron chi connectivity index (χ0n) is 12.2. The number of pyridine rings is 1. The van der Waals surface area contributed by atoms with Crippen molar-refractivity contribution in [3.63, 3.8) is 0 Å². The van der Waals surface area contributed by atoms with E-state index < -0.39 is 0 Å². The summed E-state index contributed by atoms with van der Waals surface area (Å²) in [6.07, 6.45) is 0. The SMILES string of the molecule is Cc1ccc(-n2nc(C)c3cc(C#N)c(N)nc32)cc1C. The number of nitrogen functional groups attached to an aromatic ring is 1. The average molecular weight is 277 g/mol. The fourth-order valence-electron chi connectivity index (χ4n) is 2.32. The summed E-state index contributed by atoms with van der Waals surface area (Å²) in [4.78, 5) is 4.35. The van der Waals surface area contributed by atoms with E-state index in [9.17, 15) is 0 Å². The van der Waals surface area contributed by atoms with Crippen LogP contribution in [0.25, 0.3) is 16.7 Å². The first-order valence-corrected chi connectivity index (χ1v) is 6.65. The van der Waals surface area contributed by atoms with Gasteiger partial charge in [-0.3, -0.25) is 0 Å². The summed E-state index contributed by atoms with van der Waals surface area (Å²) in [6.45, 7) is 6.03. The van der Waals surface area contributed by atoms with Gasteiger partial charge in [0.05, 0.1) is 16.9 Å². The topological polar surface area (TPSA) is 80.5 Å². The van der Waals surface area contributed by atoms with Gasteiger partial charge in [0.1, 0.15) is 11.9 Å². The number of hydrogen-bond donors (Lipinski definition) is 1. The van der Waals surface area contributed by atoms with Gasteiger partial charge in [0.25, 0.3) is 0 Å². The summed E-state index contributed by atoms with van der Waals surface area (Å²) in [6, 6.07) is 9.93. The number of hydrogen-bond acceptors (Lipinski definition) is 4. The second kappa shape index (κ2) is 4.60. The molecule has 2 N–H and O–H groups in total. The molecular formula is C16H15N5. The maximum atomic E-state index is 9.06. The van der Waals surface area contributed by atoms with Crippen molar-refractivity contribution in [2.24, 2.45) is 0 Å². The van der Waals surface area contributed by atoms with E-state index in [1.54, 1.807) is 10.7 Å². The highest BCUT2D eigenvalue weighted by molar-refractivity contribution is 5.83. The van der Waals surface area contributed by atoms with Gasteiger partial charge in [-0.15, -0.1) is 0 Å². The molecule has 1 aromatic carbocycles. The third kappa shape index (κ3) is 2.01. The van der Waals surface area contributed by atoms with E-state index in [0.29, 0.717) is 11.2 Å². The van der Waals surface area contributed by atoms with Crippen LogP contribution in [0.2, 0.25) is 0 Å². The Balaban J connectivity index is 2.31. The molecule has 0 aliphatic carbocycles. The second-order valence-electron chi connectivity index (χ2n) is 5.17. The molecule has 3 aromatic rings. The molecule has 0 aliphatic rings. The predicted molar refractivity (Wildman–Crippen MR) is 82.2 cm³/mol. The average Bonchev–Trinajstić information content (AvgIpc) is 2.77. The van der Waals surface area contributed by atoms with Gasteiger partial charge < -0.3 is 5.73 Å². The molecule has 0 unspecified atom stereocenters. The molecule has 2 heterocycles. The normalized spacial score (nSPS) is 10.8. The maximum absolute atomic E-state index is 9.06. The lowest BCUT2D eigenvalue weighted by atomic mass is 10.1. The van der Waals surface area contributed by atoms with E-state index in [0.717, 1.165) is 16.8 Å². The van der Waals surface area contributed by atoms with Crippen molar-refractivity contribution in [2.45, 2.75) is 20.8 Å². The Bertz CT molecular complexity index is 899. The van der Waals surface area contributed by atoms with Crippen LogP contribution in [0.3, 0.4) is 0 Å². The Morgan fingerprint density at radius 1 is 1.14 bits per heavy atom. The first kappa shape index (κ1) is 13.1. The lowest BCUT2D eigenvalue weighted by Gasteiger charge is -2.06. The second-order valence-corrected chi connectivity index (χ2v) is 5.17. The Labute approximate surface area is 122 Å². The van der Waals surface area contributed by atoms with Gasteiger partial charge >= 0.3 is 0 Å². The van der Waals surface area contributed by atoms with Gasteiger partial charge in [0.2, 0.25) is 0 Å². The van der Waals surface area contributed by atoms with Gasteiger partial charge in [-0.1, -0.05) is 6.07 Å². The van der Waals surface area contributed by atoms with Crippen molar-refractivity contribution in [1.82, 2.24) is 14.8 Å². The summed E-state index contributed by atoms with van der Waals surface area (Å²) in [5.74, 6) is 0.231. The minimum absolute atomic E-state index is 0.231. The standard InChI is InChI=1S/C16H15N5/c1-9-4-5-13(6-10(9)2)21-16-14(11(3)20-21)7-12(8-17)15(18)19-16/h4-7H,1-3H3,(H2,18,19). The highest BCUT2D eigenvalue weighted by atomic mass is 15.3. The molecule has 0 spiro atoms. The molecular weight excluding hydrogens is 262 g/mol. The van der Waals surface area contributed by atoms with Crippen LogP contribution >= 0.6 is 0 Å². The fourth-order valence-corrected chi connectivity index (χ4v) is 2.32. The van der Waals surface area contributed by atoms with Gasteiger partial charge in [-0.25, -0.2) is 9.67 Å². The van der Waals surface area contributed by atoms with E-state index >= 15 is 0 Å². The van der Waals surface area contributed by atoms with Crippen molar-refractivity contribution >= 4 is 16.9 Å². The van der Waals surface area contributed by atoms with Crippen LogP contribution in [0.1, 0.15) is 22.4 Å². The monoisotopic (exact) mass is 277 g/mol. The molecule has 0 radical (unpaired) electrons. The lowest BCUT2D eigenvalue weighted by Crippen LogP contribution is -2.01. The Morgan fingerprint density at radius 3 is 2.57 bits per heavy atom. The summed E-state index contributed by atoms with van der Waals surface area (Å²) >= 11 is 0. The molecule has 5 nitrogen and oxygen atoms in total. The highest BCUT2D eigenvalue weighted by Crippen LogP contribution is 2.24. The minimum atomic E-state index is 0.231. The Morgan fingerprint density at radius 2 is 1.90 bits per heavy atom. The van der Waals surface area contributed by atoms with E-state index in [4.69, 9.17) is 11.0 Å². The fraction of sp³-hybridized carbons (Fsp3) is 0.188. The summed E-state index contributed by atoms with van der Waals surface area (Å²) in [5.41, 5.74) is 11.1. The van der Waals surface area contributed by atoms with Crippen molar-refractivity contribution in [3.05, 3.63) is 46.6 Å². The van der Waals surface area contributed by atoms with E-state index in [-0.39, 0.29) is 5.82 Å². The number of rotatable bonds is 1. The molecule has 5 heteroatoms. The molecule has 2 aromatic heterocycles. The molecule has 0 saturated carbocycles. The molecule has 0 atom stereocenters. The maximum Gasteiger partial charge on any atom is 0.165 e. The van der Waals surface area contributed by atoms with Gasteiger partial charge in [-0.05, 0) is 50.1 Å². The number of fused-ring (bicyclic) bond motifs is 1. The van der Waals surface area contributed by atoms with Crippen molar-refractivity contribution in [1.29, 1.82) is 5.26 Å². The molecule has 0 bridgehead atoms. The smallest absolute Gasteiger partial charge is 0.165 e. The van der Waals surface area contributed by atoms with E-state index in [2.05, 4.69) is 42.1 Å². The van der Waals surface area contributed by atoms with E-state index in [1.165, 1.54) is 11.1 Å². The summed E-state index contributed by atoms with van der Waals surface area (Å²) in [7, 11) is 0. The quantitative estimate of drug-likeness (QED) is 0.741. The summed E-state index contributed by atoms with van der Waals surface area (Å²) in [5, 5.41) is 14.4. The zero-order chi connectivity index (χ0) is 15.1. The largest absolute Gasteiger partial charge is 0.383 e. The molecule has 0 aliphatic heterocycles. The van der Waals surface area contributed by atoms with Crippen molar-refractivity contribution in [2.75, 3.05) is 5.73 Å². The van der Waals surface area contributed by atoms with Crippen LogP contribution in [-0.4, -0.2) is 14.8 Å². The van der Waals surface area contributed by atoms with Crippen LogP contribution in [0.4, 0.5) is 5.82 Å². The molecule has 3 rings (SSSR count). The number of aryl methyl sites for hydroxylation is 3. The number of aromatic nitrogens is 3.